The van der Waals surface area contributed by atoms with Crippen LogP contribution >= 0.6 is 0 Å². The summed E-state index contributed by atoms with van der Waals surface area (Å²) in [5.41, 5.74) is 0.213. The predicted molar refractivity (Wildman–Crippen MR) is 103 cm³/mol. The molecule has 1 spiro atoms. The lowest BCUT2D eigenvalue weighted by atomic mass is 9.43. The van der Waals surface area contributed by atoms with Crippen molar-refractivity contribution >= 4 is 0 Å². The van der Waals surface area contributed by atoms with Gasteiger partial charge in [-0.1, -0.05) is 13.8 Å². The van der Waals surface area contributed by atoms with Gasteiger partial charge in [0.1, 0.15) is 0 Å². The molecule has 5 fully saturated rings. The van der Waals surface area contributed by atoms with E-state index in [0.717, 1.165) is 32.1 Å². The van der Waals surface area contributed by atoms with E-state index in [-0.39, 0.29) is 23.5 Å². The molecule has 0 radical (unpaired) electrons. The van der Waals surface area contributed by atoms with Crippen molar-refractivity contribution in [3.63, 3.8) is 0 Å². The molecule has 0 bridgehead atoms. The van der Waals surface area contributed by atoms with Crippen LogP contribution in [0.2, 0.25) is 0 Å². The van der Waals surface area contributed by atoms with Gasteiger partial charge in [0, 0.05) is 11.8 Å². The maximum Gasteiger partial charge on any atom is 0.174 e. The van der Waals surface area contributed by atoms with Crippen LogP contribution in [0, 0.1) is 40.4 Å². The van der Waals surface area contributed by atoms with Gasteiger partial charge in [-0.3, -0.25) is 0 Å². The fraction of sp³-hybridized carbons (Fsp3) is 1.00. The maximum atomic E-state index is 10.6. The Morgan fingerprint density at radius 3 is 2.41 bits per heavy atom. The van der Waals surface area contributed by atoms with Crippen LogP contribution in [0.4, 0.5) is 0 Å². The summed E-state index contributed by atoms with van der Waals surface area (Å²) < 4.78 is 13.0. The zero-order chi connectivity index (χ0) is 19.0. The van der Waals surface area contributed by atoms with Crippen LogP contribution in [0.15, 0.2) is 0 Å². The first kappa shape index (κ1) is 18.8. The van der Waals surface area contributed by atoms with E-state index >= 15 is 0 Å². The van der Waals surface area contributed by atoms with E-state index in [1.165, 1.54) is 19.3 Å². The van der Waals surface area contributed by atoms with Gasteiger partial charge in [0.05, 0.1) is 25.4 Å². The van der Waals surface area contributed by atoms with Crippen molar-refractivity contribution in [1.29, 1.82) is 0 Å². The fourth-order valence-electron chi connectivity index (χ4n) is 8.88. The fourth-order valence-corrected chi connectivity index (χ4v) is 8.88. The monoisotopic (exact) mass is 378 g/mol. The van der Waals surface area contributed by atoms with Gasteiger partial charge in [-0.2, -0.15) is 0 Å². The summed E-state index contributed by atoms with van der Waals surface area (Å²) in [5, 5.41) is 20.9. The van der Waals surface area contributed by atoms with Gasteiger partial charge >= 0.3 is 0 Å². The van der Waals surface area contributed by atoms with Crippen LogP contribution in [-0.2, 0) is 9.47 Å². The lowest BCUT2D eigenvalue weighted by molar-refractivity contribution is -0.315. The maximum absolute atomic E-state index is 10.6. The average molecular weight is 379 g/mol. The largest absolute Gasteiger partial charge is 0.393 e. The molecular formula is C23H38O4. The van der Waals surface area contributed by atoms with Crippen LogP contribution in [-0.4, -0.2) is 41.4 Å². The second-order valence-electron chi connectivity index (χ2n) is 10.9. The van der Waals surface area contributed by atoms with E-state index in [4.69, 9.17) is 9.47 Å². The highest BCUT2D eigenvalue weighted by molar-refractivity contribution is 5.16. The van der Waals surface area contributed by atoms with E-state index in [9.17, 15) is 10.2 Å². The Labute approximate surface area is 164 Å². The molecule has 2 N–H and O–H groups in total. The Balaban J connectivity index is 1.56. The highest BCUT2D eigenvalue weighted by Gasteiger charge is 2.71. The van der Waals surface area contributed by atoms with Gasteiger partial charge in [-0.05, 0) is 86.9 Å². The van der Waals surface area contributed by atoms with Crippen molar-refractivity contribution in [1.82, 2.24) is 0 Å². The van der Waals surface area contributed by atoms with Gasteiger partial charge in [-0.25, -0.2) is 0 Å². The quantitative estimate of drug-likeness (QED) is 0.730. The van der Waals surface area contributed by atoms with Crippen molar-refractivity contribution < 1.29 is 19.7 Å². The number of aliphatic hydroxyl groups excluding tert-OH is 2. The highest BCUT2D eigenvalue weighted by atomic mass is 16.7. The lowest BCUT2D eigenvalue weighted by Crippen LogP contribution is -2.65. The standard InChI is InChI=1S/C23H38O4/c1-14(24)18-6-7-19-17-5-4-15-12-16(25)8-9-21(15,2)20(17)13-23(22(18,19)3)26-10-11-27-23/h14-20,24-25H,4-13H2,1-3H3/t14-,15-,16-,17+,18+,19-,20+,21-,22+/m0/s1. The first-order chi connectivity index (χ1) is 12.8. The molecule has 1 saturated heterocycles. The SMILES string of the molecule is C[C@H](O)[C@H]1CC[C@H]2[C@H]3CC[C@H]4C[C@@H](O)CC[C@]4(C)[C@@H]3CC3(OCCO3)[C@]12C. The number of ether oxygens (including phenoxy) is 2. The first-order valence-corrected chi connectivity index (χ1v) is 11.5. The molecule has 0 aromatic rings. The number of rotatable bonds is 1. The topological polar surface area (TPSA) is 58.9 Å². The average Bonchev–Trinajstić information content (AvgIpc) is 3.23. The molecule has 4 heteroatoms. The molecule has 1 heterocycles. The smallest absolute Gasteiger partial charge is 0.174 e. The van der Waals surface area contributed by atoms with E-state index in [0.29, 0.717) is 42.3 Å². The van der Waals surface area contributed by atoms with Crippen molar-refractivity contribution in [2.45, 2.75) is 90.1 Å². The molecule has 0 unspecified atom stereocenters. The lowest BCUT2D eigenvalue weighted by Gasteiger charge is -2.65. The third-order valence-electron chi connectivity index (χ3n) is 10.2. The van der Waals surface area contributed by atoms with E-state index in [1.807, 2.05) is 6.92 Å². The zero-order valence-corrected chi connectivity index (χ0v) is 17.3. The van der Waals surface area contributed by atoms with Crippen LogP contribution in [0.3, 0.4) is 0 Å². The number of fused-ring (bicyclic) bond motifs is 6. The minimum absolute atomic E-state index is 0.0871. The molecule has 0 amide bonds. The number of aliphatic hydroxyl groups is 2. The first-order valence-electron chi connectivity index (χ1n) is 11.5. The van der Waals surface area contributed by atoms with Gasteiger partial charge in [0.25, 0.3) is 0 Å². The van der Waals surface area contributed by atoms with E-state index in [1.54, 1.807) is 0 Å². The summed E-state index contributed by atoms with van der Waals surface area (Å²) in [6.45, 7) is 8.22. The number of hydrogen-bond acceptors (Lipinski definition) is 4. The summed E-state index contributed by atoms with van der Waals surface area (Å²) >= 11 is 0. The summed E-state index contributed by atoms with van der Waals surface area (Å²) in [4.78, 5) is 0. The molecule has 5 aliphatic rings. The highest BCUT2D eigenvalue weighted by Crippen LogP contribution is 2.71. The minimum atomic E-state index is -0.516. The third-order valence-corrected chi connectivity index (χ3v) is 10.2. The zero-order valence-electron chi connectivity index (χ0n) is 17.3. The Hall–Kier alpha value is -0.160. The normalized spacial score (nSPS) is 55.0. The molecule has 4 saturated carbocycles. The van der Waals surface area contributed by atoms with Crippen LogP contribution in [0.1, 0.15) is 72.1 Å². The molecule has 154 valence electrons. The molecule has 4 nitrogen and oxygen atoms in total. The van der Waals surface area contributed by atoms with Crippen molar-refractivity contribution in [2.24, 2.45) is 40.4 Å². The van der Waals surface area contributed by atoms with Gasteiger partial charge in [0.15, 0.2) is 5.79 Å². The van der Waals surface area contributed by atoms with Crippen LogP contribution in [0.5, 0.6) is 0 Å². The van der Waals surface area contributed by atoms with Gasteiger partial charge < -0.3 is 19.7 Å². The second kappa shape index (κ2) is 6.17. The van der Waals surface area contributed by atoms with Crippen LogP contribution in [0.25, 0.3) is 0 Å². The Bertz CT molecular complexity index is 585. The molecule has 1 aliphatic heterocycles. The summed E-state index contributed by atoms with van der Waals surface area (Å²) in [7, 11) is 0. The van der Waals surface area contributed by atoms with E-state index in [2.05, 4.69) is 13.8 Å². The second-order valence-corrected chi connectivity index (χ2v) is 10.9. The molecule has 4 aliphatic carbocycles. The summed E-state index contributed by atoms with van der Waals surface area (Å²) in [5.74, 6) is 2.30. The molecule has 0 aromatic carbocycles. The Kier molecular flexibility index (Phi) is 4.30. The van der Waals surface area contributed by atoms with Crippen LogP contribution < -0.4 is 0 Å². The van der Waals surface area contributed by atoms with Crippen molar-refractivity contribution in [3.8, 4) is 0 Å². The molecule has 9 atom stereocenters. The number of hydrogen-bond donors (Lipinski definition) is 2. The van der Waals surface area contributed by atoms with Crippen molar-refractivity contribution in [2.75, 3.05) is 13.2 Å². The molecule has 0 aromatic heterocycles. The van der Waals surface area contributed by atoms with Crippen molar-refractivity contribution in [3.05, 3.63) is 0 Å². The Morgan fingerprint density at radius 1 is 0.963 bits per heavy atom. The molecule has 27 heavy (non-hydrogen) atoms. The van der Waals surface area contributed by atoms with Gasteiger partial charge in [0.2, 0.25) is 0 Å². The Morgan fingerprint density at radius 2 is 1.70 bits per heavy atom. The molecule has 5 rings (SSSR count). The third kappa shape index (κ3) is 2.36. The minimum Gasteiger partial charge on any atom is -0.393 e. The predicted octanol–water partition coefficient (Wildman–Crippen LogP) is 3.74. The van der Waals surface area contributed by atoms with E-state index < -0.39 is 5.79 Å². The van der Waals surface area contributed by atoms with Gasteiger partial charge in [-0.15, -0.1) is 0 Å². The molecular weight excluding hydrogens is 340 g/mol. The summed E-state index contributed by atoms with van der Waals surface area (Å²) in [6, 6.07) is 0. The summed E-state index contributed by atoms with van der Waals surface area (Å²) in [6.07, 6.45) is 8.47.